The molecule has 0 N–H and O–H groups in total. The molecule has 0 bridgehead atoms. The van der Waals surface area contributed by atoms with Gasteiger partial charge < -0.3 is 0 Å². The highest BCUT2D eigenvalue weighted by molar-refractivity contribution is 5.52. The van der Waals surface area contributed by atoms with Crippen LogP contribution in [0, 0.1) is 0 Å². The van der Waals surface area contributed by atoms with Gasteiger partial charge in [-0.1, -0.05) is 0 Å². The van der Waals surface area contributed by atoms with Gasteiger partial charge in [0.05, 0.1) is 29.8 Å². The van der Waals surface area contributed by atoms with Crippen LogP contribution in [0.5, 0.6) is 0 Å². The van der Waals surface area contributed by atoms with Crippen LogP contribution in [0.15, 0.2) is 24.7 Å². The van der Waals surface area contributed by atoms with Crippen LogP contribution >= 0.6 is 0 Å². The summed E-state index contributed by atoms with van der Waals surface area (Å²) in [5, 5.41) is 4.29. The average Bonchev–Trinajstić information content (AvgIpc) is 3.16. The molecule has 1 fully saturated rings. The second kappa shape index (κ2) is 5.93. The van der Waals surface area contributed by atoms with Crippen molar-refractivity contribution in [3.63, 3.8) is 0 Å². The molecule has 3 rings (SSSR count). The van der Waals surface area contributed by atoms with E-state index in [0.29, 0.717) is 12.1 Å². The van der Waals surface area contributed by atoms with Crippen LogP contribution in [0.4, 0.5) is 0 Å². The fourth-order valence-corrected chi connectivity index (χ4v) is 3.17. The Morgan fingerprint density at radius 1 is 1.29 bits per heavy atom. The van der Waals surface area contributed by atoms with E-state index in [2.05, 4.69) is 40.7 Å². The Morgan fingerprint density at radius 2 is 2.14 bits per heavy atom. The van der Waals surface area contributed by atoms with E-state index in [9.17, 15) is 0 Å². The summed E-state index contributed by atoms with van der Waals surface area (Å²) >= 11 is 0. The topological polar surface area (TPSA) is 46.8 Å². The smallest absolute Gasteiger partial charge is 0.107 e. The van der Waals surface area contributed by atoms with Crippen molar-refractivity contribution < 1.29 is 0 Å². The molecule has 0 radical (unpaired) electrons. The lowest BCUT2D eigenvalue weighted by Gasteiger charge is -2.27. The van der Waals surface area contributed by atoms with E-state index in [4.69, 9.17) is 0 Å². The second-order valence-corrected chi connectivity index (χ2v) is 5.85. The molecule has 1 aliphatic rings. The van der Waals surface area contributed by atoms with Gasteiger partial charge in [-0.25, -0.2) is 0 Å². The Labute approximate surface area is 126 Å². The van der Waals surface area contributed by atoms with Gasteiger partial charge in [0, 0.05) is 18.8 Å². The first kappa shape index (κ1) is 14.2. The van der Waals surface area contributed by atoms with Crippen LogP contribution in [0.1, 0.15) is 45.3 Å². The molecule has 5 heteroatoms. The molecule has 0 aliphatic carbocycles. The summed E-state index contributed by atoms with van der Waals surface area (Å²) in [6.07, 6.45) is 8.06. The van der Waals surface area contributed by atoms with Gasteiger partial charge in [0.15, 0.2) is 0 Å². The van der Waals surface area contributed by atoms with Crippen molar-refractivity contribution in [1.29, 1.82) is 0 Å². The van der Waals surface area contributed by atoms with E-state index < -0.39 is 0 Å². The molecular weight excluding hydrogens is 262 g/mol. The van der Waals surface area contributed by atoms with Crippen molar-refractivity contribution in [2.24, 2.45) is 0 Å². The maximum atomic E-state index is 4.68. The van der Waals surface area contributed by atoms with Crippen molar-refractivity contribution in [2.75, 3.05) is 6.54 Å². The molecule has 5 nitrogen and oxygen atoms in total. The molecule has 0 amide bonds. The Morgan fingerprint density at radius 3 is 2.81 bits per heavy atom. The molecule has 3 heterocycles. The van der Waals surface area contributed by atoms with Gasteiger partial charge in [-0.2, -0.15) is 5.10 Å². The number of aryl methyl sites for hydroxylation is 1. The third kappa shape index (κ3) is 2.70. The molecule has 0 saturated carbocycles. The van der Waals surface area contributed by atoms with Crippen molar-refractivity contribution in [3.05, 3.63) is 30.4 Å². The number of rotatable bonds is 4. The summed E-state index contributed by atoms with van der Waals surface area (Å²) in [4.78, 5) is 11.8. The van der Waals surface area contributed by atoms with E-state index >= 15 is 0 Å². The Hall–Kier alpha value is -1.75. The van der Waals surface area contributed by atoms with Crippen LogP contribution in [0.3, 0.4) is 0 Å². The van der Waals surface area contributed by atoms with Gasteiger partial charge in [0.1, 0.15) is 5.69 Å². The standard InChI is InChI=1S/C16H23N5/c1-4-21-16(7-8-19-21)14-11-17-13(10-18-14)15-6-5-9-20(15)12(2)3/h7-8,10-12,15H,4-6,9H2,1-3H3/t15-/m0/s1. The number of hydrogen-bond donors (Lipinski definition) is 0. The Balaban J connectivity index is 1.84. The first-order chi connectivity index (χ1) is 10.2. The predicted octanol–water partition coefficient (Wildman–Crippen LogP) is 2.91. The number of aromatic nitrogens is 4. The normalized spacial score (nSPS) is 19.5. The van der Waals surface area contributed by atoms with Crippen molar-refractivity contribution >= 4 is 0 Å². The molecule has 1 saturated heterocycles. The van der Waals surface area contributed by atoms with E-state index in [-0.39, 0.29) is 0 Å². The Kier molecular flexibility index (Phi) is 4.01. The summed E-state index contributed by atoms with van der Waals surface area (Å²) < 4.78 is 1.94. The predicted molar refractivity (Wildman–Crippen MR) is 82.7 cm³/mol. The third-order valence-electron chi connectivity index (χ3n) is 4.25. The van der Waals surface area contributed by atoms with Gasteiger partial charge in [0.25, 0.3) is 0 Å². The Bertz CT molecular complexity index is 587. The van der Waals surface area contributed by atoms with E-state index in [1.165, 1.54) is 12.8 Å². The molecule has 0 spiro atoms. The van der Waals surface area contributed by atoms with Gasteiger partial charge in [0.2, 0.25) is 0 Å². The minimum Gasteiger partial charge on any atom is -0.292 e. The molecule has 1 aliphatic heterocycles. The minimum absolute atomic E-state index is 0.419. The first-order valence-electron chi connectivity index (χ1n) is 7.80. The first-order valence-corrected chi connectivity index (χ1v) is 7.80. The van der Waals surface area contributed by atoms with E-state index in [1.54, 1.807) is 0 Å². The van der Waals surface area contributed by atoms with Crippen LogP contribution < -0.4 is 0 Å². The van der Waals surface area contributed by atoms with Gasteiger partial charge in [-0.05, 0) is 46.2 Å². The van der Waals surface area contributed by atoms with Gasteiger partial charge >= 0.3 is 0 Å². The summed E-state index contributed by atoms with van der Waals surface area (Å²) in [6, 6.07) is 2.96. The van der Waals surface area contributed by atoms with Crippen LogP contribution in [-0.4, -0.2) is 37.2 Å². The zero-order valence-electron chi connectivity index (χ0n) is 13.0. The summed E-state index contributed by atoms with van der Waals surface area (Å²) in [6.45, 7) is 8.58. The van der Waals surface area contributed by atoms with E-state index in [1.807, 2.05) is 29.3 Å². The maximum Gasteiger partial charge on any atom is 0.107 e. The number of nitrogens with zero attached hydrogens (tertiary/aromatic N) is 5. The lowest BCUT2D eigenvalue weighted by molar-refractivity contribution is 0.202. The maximum absolute atomic E-state index is 4.68. The minimum atomic E-state index is 0.419. The number of hydrogen-bond acceptors (Lipinski definition) is 4. The second-order valence-electron chi connectivity index (χ2n) is 5.85. The molecule has 0 aromatic carbocycles. The monoisotopic (exact) mass is 285 g/mol. The molecule has 1 atom stereocenters. The largest absolute Gasteiger partial charge is 0.292 e. The zero-order chi connectivity index (χ0) is 14.8. The molecule has 112 valence electrons. The van der Waals surface area contributed by atoms with E-state index in [0.717, 1.165) is 30.2 Å². The average molecular weight is 285 g/mol. The summed E-state index contributed by atoms with van der Waals surface area (Å²) in [5.41, 5.74) is 3.02. The SMILES string of the molecule is CCn1nccc1-c1cnc([C@@H]2CCCN2C(C)C)cn1. The fraction of sp³-hybridized carbons (Fsp3) is 0.562. The molecule has 2 aromatic rings. The quantitative estimate of drug-likeness (QED) is 0.866. The molecule has 21 heavy (non-hydrogen) atoms. The van der Waals surface area contributed by atoms with Crippen molar-refractivity contribution in [1.82, 2.24) is 24.6 Å². The van der Waals surface area contributed by atoms with Crippen LogP contribution in [0.25, 0.3) is 11.4 Å². The van der Waals surface area contributed by atoms with Gasteiger partial charge in [-0.3, -0.25) is 19.5 Å². The lowest BCUT2D eigenvalue weighted by Crippen LogP contribution is -2.30. The molecular formula is C16H23N5. The highest BCUT2D eigenvalue weighted by Gasteiger charge is 2.29. The summed E-state index contributed by atoms with van der Waals surface area (Å²) in [5.74, 6) is 0. The van der Waals surface area contributed by atoms with Crippen molar-refractivity contribution in [2.45, 2.75) is 52.2 Å². The third-order valence-corrected chi connectivity index (χ3v) is 4.25. The summed E-state index contributed by atoms with van der Waals surface area (Å²) in [7, 11) is 0. The zero-order valence-corrected chi connectivity index (χ0v) is 13.0. The highest BCUT2D eigenvalue weighted by atomic mass is 15.3. The molecule has 0 unspecified atom stereocenters. The fourth-order valence-electron chi connectivity index (χ4n) is 3.17. The molecule has 2 aromatic heterocycles. The van der Waals surface area contributed by atoms with Crippen LogP contribution in [0.2, 0.25) is 0 Å². The lowest BCUT2D eigenvalue weighted by atomic mass is 10.1. The van der Waals surface area contributed by atoms with Gasteiger partial charge in [-0.15, -0.1) is 0 Å². The van der Waals surface area contributed by atoms with Crippen molar-refractivity contribution in [3.8, 4) is 11.4 Å². The number of likely N-dealkylation sites (tertiary alicyclic amines) is 1. The highest BCUT2D eigenvalue weighted by Crippen LogP contribution is 2.32. The van der Waals surface area contributed by atoms with Crippen LogP contribution in [-0.2, 0) is 6.54 Å².